The second-order valence-electron chi connectivity index (χ2n) is 4.96. The average molecular weight is 262 g/mol. The fraction of sp³-hybridized carbons (Fsp3) is 0.538. The summed E-state index contributed by atoms with van der Waals surface area (Å²) in [5, 5.41) is 3.55. The molecule has 0 bridgehead atoms. The van der Waals surface area contributed by atoms with E-state index in [2.05, 4.69) is 38.1 Å². The monoisotopic (exact) mass is 262 g/mol. The molecule has 5 heteroatoms. The Kier molecular flexibility index (Phi) is 3.54. The van der Waals surface area contributed by atoms with Crippen molar-refractivity contribution >= 4 is 22.8 Å². The number of nitrogens with zero attached hydrogens (tertiary/aromatic N) is 3. The summed E-state index contributed by atoms with van der Waals surface area (Å²) in [5.41, 5.74) is 3.31. The van der Waals surface area contributed by atoms with Crippen LogP contribution in [0.4, 0.5) is 0 Å². The lowest BCUT2D eigenvalue weighted by atomic mass is 10.1. The topological polar surface area (TPSA) is 41.0 Å². The maximum Gasteiger partial charge on any atom is 0.109 e. The number of aromatic nitrogens is 2. The first-order valence-electron chi connectivity index (χ1n) is 6.46. The molecule has 96 valence electrons. The van der Waals surface area contributed by atoms with Crippen LogP contribution in [0.15, 0.2) is 18.2 Å². The van der Waals surface area contributed by atoms with Gasteiger partial charge in [-0.25, -0.2) is 0 Å². The van der Waals surface area contributed by atoms with Gasteiger partial charge in [0, 0.05) is 19.1 Å². The molecule has 2 heterocycles. The molecule has 4 nitrogen and oxygen atoms in total. The van der Waals surface area contributed by atoms with Gasteiger partial charge in [-0.05, 0) is 38.1 Å². The number of nitrogens with one attached hydrogen (secondary N) is 1. The molecule has 3 rings (SSSR count). The number of rotatable bonds is 4. The quantitative estimate of drug-likeness (QED) is 0.913. The van der Waals surface area contributed by atoms with Crippen molar-refractivity contribution in [2.45, 2.75) is 25.4 Å². The molecule has 1 fully saturated rings. The van der Waals surface area contributed by atoms with Gasteiger partial charge < -0.3 is 10.2 Å². The molecule has 18 heavy (non-hydrogen) atoms. The highest BCUT2D eigenvalue weighted by Gasteiger charge is 2.19. The van der Waals surface area contributed by atoms with Crippen LogP contribution < -0.4 is 5.32 Å². The van der Waals surface area contributed by atoms with E-state index in [1.165, 1.54) is 36.7 Å². The molecule has 0 radical (unpaired) electrons. The normalized spacial score (nSPS) is 20.8. The van der Waals surface area contributed by atoms with E-state index in [4.69, 9.17) is 0 Å². The minimum Gasteiger partial charge on any atom is -0.311 e. The summed E-state index contributed by atoms with van der Waals surface area (Å²) in [6.45, 7) is 3.18. The Balaban J connectivity index is 1.61. The van der Waals surface area contributed by atoms with Gasteiger partial charge in [0.1, 0.15) is 11.0 Å². The van der Waals surface area contributed by atoms with E-state index in [9.17, 15) is 0 Å². The molecule has 0 aliphatic carbocycles. The van der Waals surface area contributed by atoms with Crippen molar-refractivity contribution in [2.24, 2.45) is 0 Å². The second kappa shape index (κ2) is 5.30. The fourth-order valence-corrected chi connectivity index (χ4v) is 3.18. The first-order chi connectivity index (χ1) is 8.84. The lowest BCUT2D eigenvalue weighted by Gasteiger charge is -2.19. The Hall–Kier alpha value is -1.04. The van der Waals surface area contributed by atoms with Crippen molar-refractivity contribution in [2.75, 3.05) is 20.1 Å². The third-order valence-corrected chi connectivity index (χ3v) is 4.28. The molecule has 1 atom stereocenters. The van der Waals surface area contributed by atoms with Gasteiger partial charge in [0.2, 0.25) is 0 Å². The van der Waals surface area contributed by atoms with Crippen molar-refractivity contribution in [3.63, 3.8) is 0 Å². The highest BCUT2D eigenvalue weighted by atomic mass is 32.1. The number of fused-ring (bicyclic) bond motifs is 1. The second-order valence-corrected chi connectivity index (χ2v) is 5.49. The number of likely N-dealkylation sites (N-methyl/N-ethyl adjacent to an activating group) is 1. The standard InChI is InChI=1S/C13H18N4S/c1-17-7-3-5-11(17)9-14-8-10-4-2-6-12-13(10)16-18-15-12/h2,4,6,11,14H,3,5,7-9H2,1H3. The summed E-state index contributed by atoms with van der Waals surface area (Å²) in [6, 6.07) is 6.91. The zero-order chi connectivity index (χ0) is 12.4. The first-order valence-corrected chi connectivity index (χ1v) is 7.19. The van der Waals surface area contributed by atoms with E-state index >= 15 is 0 Å². The molecule has 0 spiro atoms. The predicted octanol–water partition coefficient (Wildman–Crippen LogP) is 1.88. The third-order valence-electron chi connectivity index (χ3n) is 3.74. The Bertz CT molecular complexity index is 524. The Labute approximate surface area is 111 Å². The molecule has 1 N–H and O–H groups in total. The average Bonchev–Trinajstić information content (AvgIpc) is 2.99. The molecular weight excluding hydrogens is 244 g/mol. The number of likely N-dealkylation sites (tertiary alicyclic amines) is 1. The highest BCUT2D eigenvalue weighted by Crippen LogP contribution is 2.17. The molecule has 1 aliphatic heterocycles. The molecule has 0 amide bonds. The van der Waals surface area contributed by atoms with Gasteiger partial charge in [0.15, 0.2) is 0 Å². The van der Waals surface area contributed by atoms with Gasteiger partial charge in [-0.1, -0.05) is 12.1 Å². The van der Waals surface area contributed by atoms with Crippen molar-refractivity contribution in [1.29, 1.82) is 0 Å². The van der Waals surface area contributed by atoms with E-state index in [1.54, 1.807) is 0 Å². The predicted molar refractivity (Wildman–Crippen MR) is 74.8 cm³/mol. The van der Waals surface area contributed by atoms with Crippen LogP contribution in [-0.4, -0.2) is 39.8 Å². The number of hydrogen-bond donors (Lipinski definition) is 1. The van der Waals surface area contributed by atoms with E-state index in [-0.39, 0.29) is 0 Å². The van der Waals surface area contributed by atoms with E-state index in [1.807, 2.05) is 6.07 Å². The number of benzene rings is 1. The SMILES string of the molecule is CN1CCCC1CNCc1cccc2nsnc12. The van der Waals surface area contributed by atoms with E-state index in [0.717, 1.165) is 24.1 Å². The minimum absolute atomic E-state index is 0.692. The Morgan fingerprint density at radius 1 is 1.44 bits per heavy atom. The smallest absolute Gasteiger partial charge is 0.109 e. The van der Waals surface area contributed by atoms with Crippen LogP contribution in [0.5, 0.6) is 0 Å². The van der Waals surface area contributed by atoms with Crippen LogP contribution >= 0.6 is 11.7 Å². The summed E-state index contributed by atoms with van der Waals surface area (Å²) in [5.74, 6) is 0. The largest absolute Gasteiger partial charge is 0.311 e. The van der Waals surface area contributed by atoms with Crippen LogP contribution in [0.1, 0.15) is 18.4 Å². The zero-order valence-electron chi connectivity index (χ0n) is 10.6. The van der Waals surface area contributed by atoms with E-state index in [0.29, 0.717) is 6.04 Å². The summed E-state index contributed by atoms with van der Waals surface area (Å²) in [4.78, 5) is 2.44. The Morgan fingerprint density at radius 3 is 3.22 bits per heavy atom. The summed E-state index contributed by atoms with van der Waals surface area (Å²) in [7, 11) is 2.21. The van der Waals surface area contributed by atoms with Crippen molar-refractivity contribution in [3.8, 4) is 0 Å². The lowest BCUT2D eigenvalue weighted by Crippen LogP contribution is -2.35. The van der Waals surface area contributed by atoms with Gasteiger partial charge in [-0.2, -0.15) is 8.75 Å². The maximum absolute atomic E-state index is 4.36. The minimum atomic E-state index is 0.692. The first kappa shape index (κ1) is 12.0. The molecule has 2 aromatic rings. The fourth-order valence-electron chi connectivity index (χ4n) is 2.62. The van der Waals surface area contributed by atoms with Gasteiger partial charge in [0.25, 0.3) is 0 Å². The maximum atomic E-state index is 4.36. The van der Waals surface area contributed by atoms with Crippen molar-refractivity contribution < 1.29 is 0 Å². The van der Waals surface area contributed by atoms with Crippen LogP contribution in [-0.2, 0) is 6.54 Å². The van der Waals surface area contributed by atoms with Gasteiger partial charge in [0.05, 0.1) is 11.7 Å². The summed E-state index contributed by atoms with van der Waals surface area (Å²) in [6.07, 6.45) is 2.64. The van der Waals surface area contributed by atoms with Crippen LogP contribution in [0.25, 0.3) is 11.0 Å². The molecule has 1 aromatic heterocycles. The lowest BCUT2D eigenvalue weighted by molar-refractivity contribution is 0.300. The van der Waals surface area contributed by atoms with Gasteiger partial charge in [-0.15, -0.1) is 0 Å². The molecule has 1 unspecified atom stereocenters. The molecule has 1 aromatic carbocycles. The Morgan fingerprint density at radius 2 is 2.39 bits per heavy atom. The van der Waals surface area contributed by atoms with Crippen molar-refractivity contribution in [1.82, 2.24) is 19.0 Å². The van der Waals surface area contributed by atoms with Crippen LogP contribution in [0.3, 0.4) is 0 Å². The van der Waals surface area contributed by atoms with Gasteiger partial charge >= 0.3 is 0 Å². The molecule has 1 saturated heterocycles. The van der Waals surface area contributed by atoms with Crippen LogP contribution in [0, 0.1) is 0 Å². The number of hydrogen-bond acceptors (Lipinski definition) is 5. The van der Waals surface area contributed by atoms with Gasteiger partial charge in [-0.3, -0.25) is 0 Å². The third kappa shape index (κ3) is 2.39. The molecular formula is C13H18N4S. The highest BCUT2D eigenvalue weighted by molar-refractivity contribution is 7.00. The molecule has 1 aliphatic rings. The summed E-state index contributed by atoms with van der Waals surface area (Å²) < 4.78 is 8.64. The zero-order valence-corrected chi connectivity index (χ0v) is 11.4. The van der Waals surface area contributed by atoms with E-state index < -0.39 is 0 Å². The van der Waals surface area contributed by atoms with Crippen molar-refractivity contribution in [3.05, 3.63) is 23.8 Å². The summed E-state index contributed by atoms with van der Waals surface area (Å²) >= 11 is 1.29. The molecule has 0 saturated carbocycles. The van der Waals surface area contributed by atoms with Crippen LogP contribution in [0.2, 0.25) is 0 Å².